The highest BCUT2D eigenvalue weighted by Gasteiger charge is 2.01. The Morgan fingerprint density at radius 3 is 2.50 bits per heavy atom. The molecule has 0 aromatic heterocycles. The van der Waals surface area contributed by atoms with E-state index in [4.69, 9.17) is 10.2 Å². The van der Waals surface area contributed by atoms with E-state index in [0.29, 0.717) is 11.8 Å². The second kappa shape index (κ2) is 6.46. The molecule has 0 aromatic rings. The summed E-state index contributed by atoms with van der Waals surface area (Å²) in [5.41, 5.74) is 0. The second-order valence-electron chi connectivity index (χ2n) is 2.86. The molecule has 1 atom stereocenters. The molecule has 0 heterocycles. The molecule has 0 saturated carbocycles. The van der Waals surface area contributed by atoms with Gasteiger partial charge in [0.15, 0.2) is 0 Å². The first kappa shape index (κ1) is 11.9. The molecular formula is C8H17NO2S. The van der Waals surface area contributed by atoms with Crippen LogP contribution in [0.5, 0.6) is 0 Å². The maximum absolute atomic E-state index is 8.97. The summed E-state index contributed by atoms with van der Waals surface area (Å²) in [5, 5.41) is 18.9. The molecule has 1 unspecified atom stereocenters. The topological polar surface area (TPSA) is 52.8 Å². The minimum Gasteiger partial charge on any atom is -0.394 e. The van der Waals surface area contributed by atoms with Crippen LogP contribution < -0.4 is 0 Å². The van der Waals surface area contributed by atoms with Gasteiger partial charge in [0, 0.05) is 5.25 Å². The normalized spacial score (nSPS) is 15.3. The molecule has 3 nitrogen and oxygen atoms in total. The molecule has 72 valence electrons. The molecule has 0 radical (unpaired) electrons. The monoisotopic (exact) mass is 191 g/mol. The molecule has 12 heavy (non-hydrogen) atoms. The van der Waals surface area contributed by atoms with E-state index in [1.54, 1.807) is 11.8 Å². The molecule has 0 spiro atoms. The molecule has 0 aliphatic rings. The maximum Gasteiger partial charge on any atom is 0.0965 e. The Kier molecular flexibility index (Phi) is 6.42. The van der Waals surface area contributed by atoms with Crippen molar-refractivity contribution < 1.29 is 10.2 Å². The number of hydrogen-bond donors (Lipinski definition) is 2. The van der Waals surface area contributed by atoms with Gasteiger partial charge < -0.3 is 10.2 Å². The van der Waals surface area contributed by atoms with E-state index in [9.17, 15) is 0 Å². The van der Waals surface area contributed by atoms with E-state index in [1.807, 2.05) is 6.92 Å². The van der Waals surface area contributed by atoms with Gasteiger partial charge in [-0.3, -0.25) is 4.99 Å². The summed E-state index contributed by atoms with van der Waals surface area (Å²) in [5.74, 6) is 0. The number of aliphatic hydroxyl groups excluding tert-OH is 2. The average Bonchev–Trinajstić information content (AvgIpc) is 1.99. The van der Waals surface area contributed by atoms with E-state index in [0.717, 1.165) is 5.04 Å². The minimum atomic E-state index is -0.715. The van der Waals surface area contributed by atoms with Gasteiger partial charge in [-0.1, -0.05) is 13.8 Å². The van der Waals surface area contributed by atoms with E-state index >= 15 is 0 Å². The zero-order chi connectivity index (χ0) is 9.56. The molecule has 0 rings (SSSR count). The third kappa shape index (κ3) is 6.64. The van der Waals surface area contributed by atoms with Crippen LogP contribution in [0.2, 0.25) is 0 Å². The number of rotatable bonds is 4. The Bertz CT molecular complexity index is 148. The smallest absolute Gasteiger partial charge is 0.0965 e. The van der Waals surface area contributed by atoms with Gasteiger partial charge in [-0.15, -0.1) is 11.8 Å². The highest BCUT2D eigenvalue weighted by Crippen LogP contribution is 2.11. The Morgan fingerprint density at radius 2 is 2.08 bits per heavy atom. The number of thioether (sulfide) groups is 1. The van der Waals surface area contributed by atoms with Gasteiger partial charge >= 0.3 is 0 Å². The number of nitrogens with zero attached hydrogens (tertiary/aromatic N) is 1. The van der Waals surface area contributed by atoms with Gasteiger partial charge in [0.2, 0.25) is 0 Å². The van der Waals surface area contributed by atoms with Crippen LogP contribution in [-0.2, 0) is 0 Å². The van der Waals surface area contributed by atoms with Crippen molar-refractivity contribution in [2.24, 2.45) is 4.99 Å². The molecule has 0 amide bonds. The molecule has 2 N–H and O–H groups in total. The summed E-state index contributed by atoms with van der Waals surface area (Å²) in [4.78, 5) is 4.10. The summed E-state index contributed by atoms with van der Waals surface area (Å²) in [7, 11) is 0. The van der Waals surface area contributed by atoms with Crippen LogP contribution >= 0.6 is 11.8 Å². The molecule has 0 fully saturated rings. The van der Waals surface area contributed by atoms with Crippen LogP contribution in [0, 0.1) is 0 Å². The largest absolute Gasteiger partial charge is 0.394 e. The van der Waals surface area contributed by atoms with Crippen molar-refractivity contribution in [2.75, 3.05) is 13.2 Å². The zero-order valence-corrected chi connectivity index (χ0v) is 8.64. The average molecular weight is 191 g/mol. The van der Waals surface area contributed by atoms with Gasteiger partial charge in [0.25, 0.3) is 0 Å². The zero-order valence-electron chi connectivity index (χ0n) is 7.82. The summed E-state index contributed by atoms with van der Waals surface area (Å²) < 4.78 is 0. The number of aliphatic imine (C=N–C) groups is 1. The van der Waals surface area contributed by atoms with Crippen molar-refractivity contribution in [1.29, 1.82) is 0 Å². The lowest BCUT2D eigenvalue weighted by Gasteiger charge is -2.05. The summed E-state index contributed by atoms with van der Waals surface area (Å²) in [6, 6.07) is 0. The molecular weight excluding hydrogens is 174 g/mol. The lowest BCUT2D eigenvalue weighted by molar-refractivity contribution is 0.102. The van der Waals surface area contributed by atoms with Crippen LogP contribution in [0.25, 0.3) is 0 Å². The molecule has 4 heteroatoms. The van der Waals surface area contributed by atoms with Crippen molar-refractivity contribution in [1.82, 2.24) is 0 Å². The predicted molar refractivity (Wildman–Crippen MR) is 53.8 cm³/mol. The van der Waals surface area contributed by atoms with E-state index < -0.39 is 6.10 Å². The molecule has 0 aliphatic carbocycles. The Hall–Kier alpha value is -0.0600. The highest BCUT2D eigenvalue weighted by atomic mass is 32.2. The van der Waals surface area contributed by atoms with Gasteiger partial charge in [-0.25, -0.2) is 0 Å². The fourth-order valence-electron chi connectivity index (χ4n) is 0.670. The van der Waals surface area contributed by atoms with Gasteiger partial charge in [0.05, 0.1) is 24.3 Å². The third-order valence-electron chi connectivity index (χ3n) is 1.14. The summed E-state index contributed by atoms with van der Waals surface area (Å²) in [6.45, 7) is 6.16. The Balaban J connectivity index is 3.68. The molecule has 0 aliphatic heterocycles. The van der Waals surface area contributed by atoms with E-state index in [-0.39, 0.29) is 6.61 Å². The van der Waals surface area contributed by atoms with E-state index in [1.165, 1.54) is 0 Å². The standard InChI is InChI=1S/C8H17NO2S/c1-6(2)12-7(3)9-4-8(11)5-10/h6,8,10-11H,4-5H2,1-3H3. The fraction of sp³-hybridized carbons (Fsp3) is 0.875. The third-order valence-corrected chi connectivity index (χ3v) is 2.08. The second-order valence-corrected chi connectivity index (χ2v) is 4.63. The first-order chi connectivity index (χ1) is 5.56. The summed E-state index contributed by atoms with van der Waals surface area (Å²) >= 11 is 1.66. The minimum absolute atomic E-state index is 0.219. The van der Waals surface area contributed by atoms with Gasteiger partial charge in [-0.05, 0) is 6.92 Å². The fourth-order valence-corrected chi connectivity index (χ4v) is 1.50. The SMILES string of the molecule is CC(=NCC(O)CO)SC(C)C. The van der Waals surface area contributed by atoms with Crippen LogP contribution in [0.15, 0.2) is 4.99 Å². The maximum atomic E-state index is 8.97. The predicted octanol–water partition coefficient (Wildman–Crippen LogP) is 0.900. The van der Waals surface area contributed by atoms with Crippen LogP contribution in [0.3, 0.4) is 0 Å². The molecule has 0 saturated heterocycles. The summed E-state index contributed by atoms with van der Waals surface area (Å²) in [6.07, 6.45) is -0.715. The number of hydrogen-bond acceptors (Lipinski definition) is 4. The first-order valence-corrected chi connectivity index (χ1v) is 4.90. The van der Waals surface area contributed by atoms with Gasteiger partial charge in [-0.2, -0.15) is 0 Å². The van der Waals surface area contributed by atoms with Crippen LogP contribution in [0.4, 0.5) is 0 Å². The first-order valence-electron chi connectivity index (χ1n) is 4.03. The van der Waals surface area contributed by atoms with Crippen molar-refractivity contribution in [2.45, 2.75) is 32.1 Å². The highest BCUT2D eigenvalue weighted by molar-refractivity contribution is 8.14. The number of aliphatic hydroxyl groups is 2. The Morgan fingerprint density at radius 1 is 1.50 bits per heavy atom. The van der Waals surface area contributed by atoms with Gasteiger partial charge in [0.1, 0.15) is 0 Å². The lowest BCUT2D eigenvalue weighted by Crippen LogP contribution is -2.16. The van der Waals surface area contributed by atoms with Crippen molar-refractivity contribution >= 4 is 16.8 Å². The van der Waals surface area contributed by atoms with Crippen LogP contribution in [-0.4, -0.2) is 39.8 Å². The lowest BCUT2D eigenvalue weighted by atomic mass is 10.4. The quantitative estimate of drug-likeness (QED) is 0.513. The van der Waals surface area contributed by atoms with Crippen molar-refractivity contribution in [3.63, 3.8) is 0 Å². The molecule has 0 bridgehead atoms. The van der Waals surface area contributed by atoms with E-state index in [2.05, 4.69) is 18.8 Å². The van der Waals surface area contributed by atoms with Crippen LogP contribution in [0.1, 0.15) is 20.8 Å². The van der Waals surface area contributed by atoms with Crippen molar-refractivity contribution in [3.8, 4) is 0 Å². The van der Waals surface area contributed by atoms with Crippen molar-refractivity contribution in [3.05, 3.63) is 0 Å². The molecule has 0 aromatic carbocycles. The Labute approximate surface area is 77.9 Å².